The van der Waals surface area contributed by atoms with E-state index in [9.17, 15) is 4.79 Å². The number of hydrogen-bond acceptors (Lipinski definition) is 2. The molecule has 0 bridgehead atoms. The second-order valence-corrected chi connectivity index (χ2v) is 6.85. The van der Waals surface area contributed by atoms with Crippen LogP contribution in [0.4, 0.5) is 11.4 Å². The van der Waals surface area contributed by atoms with E-state index in [0.29, 0.717) is 5.69 Å². The van der Waals surface area contributed by atoms with Gasteiger partial charge in [0.2, 0.25) is 5.91 Å². The number of amides is 1. The first-order valence-corrected chi connectivity index (χ1v) is 6.35. The smallest absolute Gasteiger partial charge is 0.237 e. The lowest BCUT2D eigenvalue weighted by Crippen LogP contribution is -2.40. The Morgan fingerprint density at radius 2 is 1.89 bits per heavy atom. The number of carbonyl (C=O) groups is 1. The number of fused-ring (bicyclic) bond motifs is 1. The molecule has 0 radical (unpaired) electrons. The molecule has 2 N–H and O–H groups in total. The molecule has 3 heteroatoms. The zero-order valence-electron chi connectivity index (χ0n) is 11.9. The molecule has 1 heterocycles. The molecule has 0 aliphatic carbocycles. The molecule has 3 nitrogen and oxygen atoms in total. The average molecular weight is 246 g/mol. The van der Waals surface area contributed by atoms with Crippen molar-refractivity contribution >= 4 is 17.3 Å². The van der Waals surface area contributed by atoms with Gasteiger partial charge >= 0.3 is 0 Å². The van der Waals surface area contributed by atoms with Gasteiger partial charge in [0.1, 0.15) is 0 Å². The lowest BCUT2D eigenvalue weighted by molar-refractivity contribution is -0.122. The molecular formula is C15H22N2O. The van der Waals surface area contributed by atoms with Crippen LogP contribution in [0.25, 0.3) is 0 Å². The molecule has 18 heavy (non-hydrogen) atoms. The van der Waals surface area contributed by atoms with Crippen LogP contribution in [0.2, 0.25) is 0 Å². The lowest BCUT2D eigenvalue weighted by Gasteiger charge is -2.28. The Morgan fingerprint density at radius 1 is 1.28 bits per heavy atom. The number of nitrogen functional groups attached to an aromatic ring is 1. The van der Waals surface area contributed by atoms with Gasteiger partial charge in [-0.25, -0.2) is 0 Å². The third-order valence-corrected chi connectivity index (χ3v) is 3.40. The van der Waals surface area contributed by atoms with Crippen molar-refractivity contribution in [2.24, 2.45) is 5.41 Å². The molecule has 0 saturated heterocycles. The molecule has 0 spiro atoms. The summed E-state index contributed by atoms with van der Waals surface area (Å²) in [6.07, 6.45) is 0. The average Bonchev–Trinajstić information content (AvgIpc) is 2.39. The molecule has 2 rings (SSSR count). The van der Waals surface area contributed by atoms with Crippen molar-refractivity contribution in [2.45, 2.75) is 40.0 Å². The second-order valence-electron chi connectivity index (χ2n) is 6.85. The zero-order chi connectivity index (χ0) is 13.7. The molecule has 1 aromatic rings. The highest BCUT2D eigenvalue weighted by Gasteiger charge is 2.44. The van der Waals surface area contributed by atoms with Gasteiger partial charge in [-0.1, -0.05) is 20.8 Å². The van der Waals surface area contributed by atoms with Gasteiger partial charge in [0.25, 0.3) is 0 Å². The van der Waals surface area contributed by atoms with E-state index in [0.717, 1.165) is 17.8 Å². The quantitative estimate of drug-likeness (QED) is 0.774. The number of hydrogen-bond donors (Lipinski definition) is 1. The number of benzene rings is 1. The first-order chi connectivity index (χ1) is 8.13. The molecule has 0 unspecified atom stereocenters. The van der Waals surface area contributed by atoms with E-state index >= 15 is 0 Å². The monoisotopic (exact) mass is 246 g/mol. The highest BCUT2D eigenvalue weighted by atomic mass is 16.2. The summed E-state index contributed by atoms with van der Waals surface area (Å²) in [6, 6.07) is 5.75. The summed E-state index contributed by atoms with van der Waals surface area (Å²) in [4.78, 5) is 14.5. The van der Waals surface area contributed by atoms with Crippen molar-refractivity contribution in [1.82, 2.24) is 0 Å². The molecule has 1 aliphatic rings. The number of carbonyl (C=O) groups excluding carboxylic acids is 1. The van der Waals surface area contributed by atoms with Crippen LogP contribution in [0.15, 0.2) is 18.2 Å². The summed E-state index contributed by atoms with van der Waals surface area (Å²) in [5.74, 6) is 0.165. The molecular weight excluding hydrogens is 224 g/mol. The van der Waals surface area contributed by atoms with Crippen molar-refractivity contribution in [3.05, 3.63) is 23.8 Å². The fraction of sp³-hybridized carbons (Fsp3) is 0.533. The molecule has 0 fully saturated rings. The van der Waals surface area contributed by atoms with Gasteiger partial charge in [-0.15, -0.1) is 0 Å². The van der Waals surface area contributed by atoms with Crippen LogP contribution >= 0.6 is 0 Å². The van der Waals surface area contributed by atoms with Crippen molar-refractivity contribution in [1.29, 1.82) is 0 Å². The van der Waals surface area contributed by atoms with E-state index in [-0.39, 0.29) is 11.3 Å². The summed E-state index contributed by atoms with van der Waals surface area (Å²) in [7, 11) is 0. The molecule has 1 aliphatic heterocycles. The van der Waals surface area contributed by atoms with Crippen LogP contribution in [0, 0.1) is 5.41 Å². The van der Waals surface area contributed by atoms with Crippen molar-refractivity contribution in [3.8, 4) is 0 Å². The van der Waals surface area contributed by atoms with Gasteiger partial charge in [-0.3, -0.25) is 4.79 Å². The predicted octanol–water partition coefficient (Wildman–Crippen LogP) is 2.94. The largest absolute Gasteiger partial charge is 0.399 e. The van der Waals surface area contributed by atoms with Gasteiger partial charge < -0.3 is 10.6 Å². The van der Waals surface area contributed by atoms with Gasteiger partial charge in [-0.2, -0.15) is 0 Å². The maximum Gasteiger partial charge on any atom is 0.237 e. The van der Waals surface area contributed by atoms with Crippen molar-refractivity contribution < 1.29 is 4.79 Å². The standard InChI is InChI=1S/C15H22N2O/c1-14(2,3)9-17-12-7-6-10(16)8-11(12)15(4,5)13(17)18/h6-8H,9,16H2,1-5H3. The molecule has 0 saturated carbocycles. The Kier molecular flexibility index (Phi) is 2.69. The summed E-state index contributed by atoms with van der Waals surface area (Å²) in [5, 5.41) is 0. The van der Waals surface area contributed by atoms with E-state index in [1.165, 1.54) is 0 Å². The molecule has 98 valence electrons. The van der Waals surface area contributed by atoms with E-state index in [1.54, 1.807) is 0 Å². The third kappa shape index (κ3) is 1.98. The van der Waals surface area contributed by atoms with E-state index in [2.05, 4.69) is 20.8 Å². The minimum atomic E-state index is -0.476. The Morgan fingerprint density at radius 3 is 2.44 bits per heavy atom. The Labute approximate surface area is 109 Å². The van der Waals surface area contributed by atoms with Crippen LogP contribution in [-0.4, -0.2) is 12.5 Å². The van der Waals surface area contributed by atoms with Crippen LogP contribution in [-0.2, 0) is 10.2 Å². The van der Waals surface area contributed by atoms with E-state index in [1.807, 2.05) is 36.9 Å². The summed E-state index contributed by atoms with van der Waals surface area (Å²) >= 11 is 0. The molecule has 0 atom stereocenters. The number of nitrogens with zero attached hydrogens (tertiary/aromatic N) is 1. The lowest BCUT2D eigenvalue weighted by atomic mass is 9.86. The number of anilines is 2. The Bertz CT molecular complexity index is 498. The third-order valence-electron chi connectivity index (χ3n) is 3.40. The van der Waals surface area contributed by atoms with E-state index < -0.39 is 5.41 Å². The number of rotatable bonds is 1. The van der Waals surface area contributed by atoms with Gasteiger partial charge in [0.15, 0.2) is 0 Å². The SMILES string of the molecule is CC(C)(C)CN1C(=O)C(C)(C)c2cc(N)ccc21. The van der Waals surface area contributed by atoms with Crippen molar-refractivity contribution in [3.63, 3.8) is 0 Å². The maximum absolute atomic E-state index is 12.6. The molecule has 1 amide bonds. The van der Waals surface area contributed by atoms with Crippen LogP contribution in [0.5, 0.6) is 0 Å². The first-order valence-electron chi connectivity index (χ1n) is 6.35. The maximum atomic E-state index is 12.6. The fourth-order valence-corrected chi connectivity index (χ4v) is 2.48. The Hall–Kier alpha value is -1.51. The van der Waals surface area contributed by atoms with Gasteiger partial charge in [0, 0.05) is 17.9 Å². The van der Waals surface area contributed by atoms with Gasteiger partial charge in [-0.05, 0) is 43.0 Å². The number of nitrogens with two attached hydrogens (primary N) is 1. The highest BCUT2D eigenvalue weighted by Crippen LogP contribution is 2.43. The summed E-state index contributed by atoms with van der Waals surface area (Å²) in [6.45, 7) is 11.1. The second kappa shape index (κ2) is 3.74. The minimum Gasteiger partial charge on any atom is -0.399 e. The normalized spacial score (nSPS) is 18.1. The van der Waals surface area contributed by atoms with Crippen LogP contribution in [0.3, 0.4) is 0 Å². The summed E-state index contributed by atoms with van der Waals surface area (Å²) in [5.41, 5.74) is 8.20. The summed E-state index contributed by atoms with van der Waals surface area (Å²) < 4.78 is 0. The first kappa shape index (κ1) is 12.9. The fourth-order valence-electron chi connectivity index (χ4n) is 2.48. The zero-order valence-corrected chi connectivity index (χ0v) is 11.9. The van der Waals surface area contributed by atoms with Crippen molar-refractivity contribution in [2.75, 3.05) is 17.2 Å². The predicted molar refractivity (Wildman–Crippen MR) is 75.7 cm³/mol. The van der Waals surface area contributed by atoms with Crippen LogP contribution in [0.1, 0.15) is 40.2 Å². The topological polar surface area (TPSA) is 46.3 Å². The van der Waals surface area contributed by atoms with Crippen LogP contribution < -0.4 is 10.6 Å². The Balaban J connectivity index is 2.51. The van der Waals surface area contributed by atoms with E-state index in [4.69, 9.17) is 5.73 Å². The highest BCUT2D eigenvalue weighted by molar-refractivity contribution is 6.07. The molecule has 0 aromatic heterocycles. The molecule has 1 aromatic carbocycles. The van der Waals surface area contributed by atoms with Gasteiger partial charge in [0.05, 0.1) is 5.41 Å². The minimum absolute atomic E-state index is 0.0781.